The van der Waals surface area contributed by atoms with E-state index >= 15 is 0 Å². The van der Waals surface area contributed by atoms with Crippen LogP contribution in [-0.4, -0.2) is 25.6 Å². The number of carboxylic acids is 1. The first-order valence-corrected chi connectivity index (χ1v) is 5.96. The van der Waals surface area contributed by atoms with Gasteiger partial charge in [-0.15, -0.1) is 0 Å². The highest BCUT2D eigenvalue weighted by atomic mass is 79.9. The van der Waals surface area contributed by atoms with Gasteiger partial charge in [-0.05, 0) is 22.0 Å². The molecule has 2 heterocycles. The van der Waals surface area contributed by atoms with Crippen LogP contribution < -0.4 is 5.32 Å². The summed E-state index contributed by atoms with van der Waals surface area (Å²) < 4.78 is 2.50. The summed E-state index contributed by atoms with van der Waals surface area (Å²) in [6, 6.07) is 1.51. The molecule has 2 N–H and O–H groups in total. The molecule has 0 aliphatic carbocycles. The number of carbonyl (C=O) groups is 1. The summed E-state index contributed by atoms with van der Waals surface area (Å²) in [7, 11) is 1.90. The Hall–Kier alpha value is -1.89. The molecule has 0 unspecified atom stereocenters. The number of aryl methyl sites for hydroxylation is 1. The molecule has 0 radical (unpaired) electrons. The van der Waals surface area contributed by atoms with Gasteiger partial charge in [0.15, 0.2) is 0 Å². The highest BCUT2D eigenvalue weighted by Crippen LogP contribution is 2.21. The van der Waals surface area contributed by atoms with Crippen LogP contribution in [0.25, 0.3) is 0 Å². The number of imidazole rings is 1. The van der Waals surface area contributed by atoms with Crippen LogP contribution in [0.5, 0.6) is 0 Å². The Bertz CT molecular complexity index is 582. The first-order valence-electron chi connectivity index (χ1n) is 5.17. The molecule has 0 aromatic carbocycles. The van der Waals surface area contributed by atoms with Crippen molar-refractivity contribution in [3.05, 3.63) is 40.5 Å². The molecule has 0 saturated heterocycles. The molecule has 0 saturated carbocycles. The maximum atomic E-state index is 10.8. The molecule has 0 aliphatic heterocycles. The second-order valence-electron chi connectivity index (χ2n) is 3.67. The first kappa shape index (κ1) is 12.6. The van der Waals surface area contributed by atoms with Crippen molar-refractivity contribution in [1.29, 1.82) is 0 Å². The Morgan fingerprint density at radius 3 is 2.89 bits per heavy atom. The Kier molecular flexibility index (Phi) is 3.61. The standard InChI is InChI=1S/C11H11BrN4O2/c1-16-3-2-13-9(16)6-15-10-8(12)4-7(5-14-10)11(17)18/h2-5H,6H2,1H3,(H,14,15)(H,17,18). The van der Waals surface area contributed by atoms with E-state index in [0.717, 1.165) is 5.82 Å². The van der Waals surface area contributed by atoms with Crippen molar-refractivity contribution in [3.63, 3.8) is 0 Å². The molecule has 2 aromatic heterocycles. The number of nitrogens with zero attached hydrogens (tertiary/aromatic N) is 3. The van der Waals surface area contributed by atoms with Crippen molar-refractivity contribution in [1.82, 2.24) is 14.5 Å². The predicted molar refractivity (Wildman–Crippen MR) is 69.4 cm³/mol. The van der Waals surface area contributed by atoms with E-state index in [1.54, 1.807) is 6.20 Å². The van der Waals surface area contributed by atoms with Crippen molar-refractivity contribution in [2.24, 2.45) is 7.05 Å². The largest absolute Gasteiger partial charge is 0.478 e. The van der Waals surface area contributed by atoms with Crippen LogP contribution >= 0.6 is 15.9 Å². The van der Waals surface area contributed by atoms with Gasteiger partial charge >= 0.3 is 5.97 Å². The van der Waals surface area contributed by atoms with Crippen LogP contribution in [0, 0.1) is 0 Å². The maximum Gasteiger partial charge on any atom is 0.337 e. The zero-order valence-corrected chi connectivity index (χ0v) is 11.2. The number of halogens is 1. The minimum atomic E-state index is -1.00. The topological polar surface area (TPSA) is 80.0 Å². The molecule has 0 amide bonds. The molecule has 0 atom stereocenters. The SMILES string of the molecule is Cn1ccnc1CNc1ncc(C(=O)O)cc1Br. The average molecular weight is 311 g/mol. The van der Waals surface area contributed by atoms with E-state index in [1.165, 1.54) is 12.3 Å². The molecule has 6 nitrogen and oxygen atoms in total. The van der Waals surface area contributed by atoms with Gasteiger partial charge in [0.05, 0.1) is 16.6 Å². The van der Waals surface area contributed by atoms with E-state index in [2.05, 4.69) is 31.2 Å². The molecule has 18 heavy (non-hydrogen) atoms. The van der Waals surface area contributed by atoms with Crippen molar-refractivity contribution < 1.29 is 9.90 Å². The smallest absolute Gasteiger partial charge is 0.337 e. The normalized spacial score (nSPS) is 10.3. The van der Waals surface area contributed by atoms with E-state index in [-0.39, 0.29) is 5.56 Å². The molecular weight excluding hydrogens is 300 g/mol. The summed E-state index contributed by atoms with van der Waals surface area (Å²) in [4.78, 5) is 19.0. The summed E-state index contributed by atoms with van der Waals surface area (Å²) in [5.74, 6) is 0.452. The van der Waals surface area contributed by atoms with Crippen molar-refractivity contribution in [3.8, 4) is 0 Å². The zero-order valence-electron chi connectivity index (χ0n) is 9.59. The molecular formula is C11H11BrN4O2. The van der Waals surface area contributed by atoms with Crippen LogP contribution in [0.1, 0.15) is 16.2 Å². The minimum absolute atomic E-state index is 0.143. The fourth-order valence-electron chi connectivity index (χ4n) is 1.41. The van der Waals surface area contributed by atoms with Gasteiger partial charge in [0.25, 0.3) is 0 Å². The molecule has 2 aromatic rings. The van der Waals surface area contributed by atoms with E-state index in [4.69, 9.17) is 5.11 Å². The predicted octanol–water partition coefficient (Wildman–Crippen LogP) is 1.89. The molecule has 0 fully saturated rings. The highest BCUT2D eigenvalue weighted by Gasteiger charge is 2.08. The molecule has 7 heteroatoms. The summed E-state index contributed by atoms with van der Waals surface area (Å²) in [6.45, 7) is 0.515. The van der Waals surface area contributed by atoms with E-state index in [9.17, 15) is 4.79 Å². The van der Waals surface area contributed by atoms with Gasteiger partial charge in [-0.3, -0.25) is 0 Å². The monoisotopic (exact) mass is 310 g/mol. The first-order chi connectivity index (χ1) is 8.58. The van der Waals surface area contributed by atoms with Gasteiger partial charge in [-0.2, -0.15) is 0 Å². The molecule has 2 rings (SSSR count). The number of anilines is 1. The van der Waals surface area contributed by atoms with Gasteiger partial charge in [0.2, 0.25) is 0 Å². The van der Waals surface area contributed by atoms with E-state index in [0.29, 0.717) is 16.8 Å². The third-order valence-corrected chi connectivity index (χ3v) is 3.03. The second-order valence-corrected chi connectivity index (χ2v) is 4.52. The zero-order chi connectivity index (χ0) is 13.1. The van der Waals surface area contributed by atoms with Crippen molar-refractivity contribution in [2.45, 2.75) is 6.54 Å². The third-order valence-electron chi connectivity index (χ3n) is 2.42. The number of hydrogen-bond donors (Lipinski definition) is 2. The summed E-state index contributed by atoms with van der Waals surface area (Å²) in [5.41, 5.74) is 0.143. The molecule has 94 valence electrons. The third kappa shape index (κ3) is 2.67. The van der Waals surface area contributed by atoms with Crippen LogP contribution in [-0.2, 0) is 13.6 Å². The Morgan fingerprint density at radius 1 is 1.56 bits per heavy atom. The molecule has 0 aliphatic rings. The van der Waals surface area contributed by atoms with Crippen LogP contribution in [0.4, 0.5) is 5.82 Å². The number of carboxylic acid groups (broad SMARTS) is 1. The Morgan fingerprint density at radius 2 is 2.33 bits per heavy atom. The minimum Gasteiger partial charge on any atom is -0.478 e. The van der Waals surface area contributed by atoms with Crippen molar-refractivity contribution >= 4 is 27.7 Å². The second kappa shape index (κ2) is 5.18. The van der Waals surface area contributed by atoms with Crippen molar-refractivity contribution in [2.75, 3.05) is 5.32 Å². The fourth-order valence-corrected chi connectivity index (χ4v) is 1.90. The summed E-state index contributed by atoms with van der Waals surface area (Å²) >= 11 is 3.28. The fraction of sp³-hybridized carbons (Fsp3) is 0.182. The lowest BCUT2D eigenvalue weighted by Gasteiger charge is -2.08. The quantitative estimate of drug-likeness (QED) is 0.901. The summed E-state index contributed by atoms with van der Waals surface area (Å²) in [6.07, 6.45) is 4.88. The van der Waals surface area contributed by atoms with E-state index < -0.39 is 5.97 Å². The van der Waals surface area contributed by atoms with Gasteiger partial charge in [0, 0.05) is 25.6 Å². The van der Waals surface area contributed by atoms with Crippen LogP contribution in [0.2, 0.25) is 0 Å². The molecule has 0 spiro atoms. The van der Waals surface area contributed by atoms with Gasteiger partial charge in [-0.25, -0.2) is 14.8 Å². The van der Waals surface area contributed by atoms with Gasteiger partial charge in [-0.1, -0.05) is 0 Å². The molecule has 0 bridgehead atoms. The van der Waals surface area contributed by atoms with E-state index in [1.807, 2.05) is 17.8 Å². The van der Waals surface area contributed by atoms with Gasteiger partial charge < -0.3 is 15.0 Å². The summed E-state index contributed by atoms with van der Waals surface area (Å²) in [5, 5.41) is 11.9. The lowest BCUT2D eigenvalue weighted by atomic mass is 10.3. The number of nitrogens with one attached hydrogen (secondary N) is 1. The maximum absolute atomic E-state index is 10.8. The average Bonchev–Trinajstić information content (AvgIpc) is 2.73. The van der Waals surface area contributed by atoms with Crippen LogP contribution in [0.15, 0.2) is 29.1 Å². The number of aromatic carboxylic acids is 1. The van der Waals surface area contributed by atoms with Crippen LogP contribution in [0.3, 0.4) is 0 Å². The highest BCUT2D eigenvalue weighted by molar-refractivity contribution is 9.10. The number of hydrogen-bond acceptors (Lipinski definition) is 4. The number of aromatic nitrogens is 3. The Labute approximate surface area is 112 Å². The Balaban J connectivity index is 2.11. The number of rotatable bonds is 4. The van der Waals surface area contributed by atoms with Gasteiger partial charge in [0.1, 0.15) is 11.6 Å². The lowest BCUT2D eigenvalue weighted by molar-refractivity contribution is 0.0696. The number of pyridine rings is 1. The lowest BCUT2D eigenvalue weighted by Crippen LogP contribution is -2.08.